The van der Waals surface area contributed by atoms with Crippen LogP contribution in [0.15, 0.2) is 12.2 Å². The second-order valence-corrected chi connectivity index (χ2v) is 5.00. The van der Waals surface area contributed by atoms with Gasteiger partial charge in [0.05, 0.1) is 18.6 Å². The normalized spacial score (nSPS) is 32.7. The number of carbonyl (C=O) groups is 2. The van der Waals surface area contributed by atoms with E-state index in [-0.39, 0.29) is 12.1 Å². The van der Waals surface area contributed by atoms with Gasteiger partial charge in [0, 0.05) is 0 Å². The molecule has 100 valence electrons. The SMILES string of the molecule is CCCCCCOC(=O)C1CC2C=CC1(C=O)O2. The van der Waals surface area contributed by atoms with E-state index in [0.717, 1.165) is 32.0 Å². The Bertz CT molecular complexity index is 350. The van der Waals surface area contributed by atoms with E-state index in [2.05, 4.69) is 6.92 Å². The quantitative estimate of drug-likeness (QED) is 0.301. The van der Waals surface area contributed by atoms with Crippen LogP contribution < -0.4 is 0 Å². The predicted octanol–water partition coefficient (Wildman–Crippen LogP) is 2.02. The Morgan fingerprint density at radius 3 is 3.00 bits per heavy atom. The summed E-state index contributed by atoms with van der Waals surface area (Å²) in [4.78, 5) is 23.1. The summed E-state index contributed by atoms with van der Waals surface area (Å²) in [5, 5.41) is 0. The van der Waals surface area contributed by atoms with Gasteiger partial charge in [0.2, 0.25) is 0 Å². The highest BCUT2D eigenvalue weighted by molar-refractivity contribution is 5.84. The third-order valence-corrected chi connectivity index (χ3v) is 3.65. The minimum atomic E-state index is -1.05. The Morgan fingerprint density at radius 2 is 2.33 bits per heavy atom. The Balaban J connectivity index is 1.80. The van der Waals surface area contributed by atoms with E-state index in [4.69, 9.17) is 9.47 Å². The zero-order chi connectivity index (χ0) is 13.0. The van der Waals surface area contributed by atoms with Crippen molar-refractivity contribution in [3.63, 3.8) is 0 Å². The van der Waals surface area contributed by atoms with Gasteiger partial charge in [-0.05, 0) is 18.9 Å². The van der Waals surface area contributed by atoms with Crippen molar-refractivity contribution in [2.24, 2.45) is 5.92 Å². The molecule has 0 aromatic carbocycles. The lowest BCUT2D eigenvalue weighted by molar-refractivity contribution is -0.154. The molecule has 0 N–H and O–H groups in total. The molecule has 4 nitrogen and oxygen atoms in total. The molecule has 2 aliphatic rings. The molecule has 2 heterocycles. The topological polar surface area (TPSA) is 52.6 Å². The van der Waals surface area contributed by atoms with E-state index in [1.54, 1.807) is 6.08 Å². The van der Waals surface area contributed by atoms with Crippen LogP contribution in [0.1, 0.15) is 39.0 Å². The lowest BCUT2D eigenvalue weighted by Gasteiger charge is -2.22. The summed E-state index contributed by atoms with van der Waals surface area (Å²) in [5.41, 5.74) is -1.05. The molecule has 1 fully saturated rings. The molecule has 0 radical (unpaired) electrons. The highest BCUT2D eigenvalue weighted by Gasteiger charge is 2.54. The maximum Gasteiger partial charge on any atom is 0.312 e. The fourth-order valence-corrected chi connectivity index (χ4v) is 2.57. The van der Waals surface area contributed by atoms with Crippen molar-refractivity contribution in [3.05, 3.63) is 12.2 Å². The molecule has 2 aliphatic heterocycles. The van der Waals surface area contributed by atoms with Gasteiger partial charge >= 0.3 is 5.97 Å². The van der Waals surface area contributed by atoms with Crippen molar-refractivity contribution >= 4 is 12.3 Å². The summed E-state index contributed by atoms with van der Waals surface area (Å²) in [6.07, 6.45) is 9.00. The van der Waals surface area contributed by atoms with Crippen LogP contribution in [0, 0.1) is 5.92 Å². The molecule has 0 aliphatic carbocycles. The summed E-state index contributed by atoms with van der Waals surface area (Å²) < 4.78 is 10.7. The van der Waals surface area contributed by atoms with Crippen LogP contribution in [-0.4, -0.2) is 30.6 Å². The fraction of sp³-hybridized carbons (Fsp3) is 0.714. The molecule has 0 spiro atoms. The monoisotopic (exact) mass is 252 g/mol. The Hall–Kier alpha value is -1.16. The number of ether oxygens (including phenoxy) is 2. The molecule has 18 heavy (non-hydrogen) atoms. The molecule has 2 bridgehead atoms. The van der Waals surface area contributed by atoms with E-state index in [0.29, 0.717) is 13.0 Å². The zero-order valence-corrected chi connectivity index (χ0v) is 10.8. The maximum atomic E-state index is 11.9. The van der Waals surface area contributed by atoms with Gasteiger partial charge in [-0.1, -0.05) is 32.3 Å². The first-order chi connectivity index (χ1) is 8.72. The smallest absolute Gasteiger partial charge is 0.312 e. The zero-order valence-electron chi connectivity index (χ0n) is 10.8. The highest BCUT2D eigenvalue weighted by atomic mass is 16.6. The summed E-state index contributed by atoms with van der Waals surface area (Å²) >= 11 is 0. The molecule has 3 atom stereocenters. The molecular formula is C14H20O4. The average molecular weight is 252 g/mol. The molecule has 3 unspecified atom stereocenters. The van der Waals surface area contributed by atoms with Gasteiger partial charge in [-0.15, -0.1) is 0 Å². The molecule has 0 amide bonds. The van der Waals surface area contributed by atoms with Crippen LogP contribution in [0.25, 0.3) is 0 Å². The third-order valence-electron chi connectivity index (χ3n) is 3.65. The van der Waals surface area contributed by atoms with Gasteiger partial charge < -0.3 is 9.47 Å². The number of fused-ring (bicyclic) bond motifs is 2. The number of hydrogen-bond donors (Lipinski definition) is 0. The van der Waals surface area contributed by atoms with Crippen molar-refractivity contribution in [1.29, 1.82) is 0 Å². The van der Waals surface area contributed by atoms with Crippen molar-refractivity contribution in [1.82, 2.24) is 0 Å². The van der Waals surface area contributed by atoms with Gasteiger partial charge in [0.15, 0.2) is 11.9 Å². The van der Waals surface area contributed by atoms with Gasteiger partial charge in [-0.2, -0.15) is 0 Å². The van der Waals surface area contributed by atoms with Crippen LogP contribution >= 0.6 is 0 Å². The van der Waals surface area contributed by atoms with E-state index >= 15 is 0 Å². The van der Waals surface area contributed by atoms with Gasteiger partial charge in [0.1, 0.15) is 0 Å². The third kappa shape index (κ3) is 2.48. The largest absolute Gasteiger partial charge is 0.465 e. The lowest BCUT2D eigenvalue weighted by Crippen LogP contribution is -2.39. The lowest BCUT2D eigenvalue weighted by atomic mass is 9.84. The number of unbranched alkanes of at least 4 members (excludes halogenated alkanes) is 3. The number of rotatable bonds is 7. The molecule has 0 saturated carbocycles. The number of carbonyl (C=O) groups excluding carboxylic acids is 2. The number of hydrogen-bond acceptors (Lipinski definition) is 4. The van der Waals surface area contributed by atoms with E-state index in [1.807, 2.05) is 6.08 Å². The first-order valence-corrected chi connectivity index (χ1v) is 6.72. The minimum Gasteiger partial charge on any atom is -0.465 e. The van der Waals surface area contributed by atoms with Crippen LogP contribution in [0.4, 0.5) is 0 Å². The van der Waals surface area contributed by atoms with Crippen molar-refractivity contribution in [2.45, 2.75) is 50.7 Å². The predicted molar refractivity (Wildman–Crippen MR) is 66.0 cm³/mol. The van der Waals surface area contributed by atoms with Crippen molar-refractivity contribution in [2.75, 3.05) is 6.61 Å². The standard InChI is InChI=1S/C14H20O4/c1-2-3-4-5-8-17-13(16)12-9-11-6-7-14(12,10-15)18-11/h6-7,10-12H,2-5,8-9H2,1H3. The molecule has 1 saturated heterocycles. The minimum absolute atomic E-state index is 0.104. The molecule has 0 aromatic rings. The Kier molecular flexibility index (Phi) is 4.17. The fourth-order valence-electron chi connectivity index (χ4n) is 2.57. The Morgan fingerprint density at radius 1 is 1.50 bits per heavy atom. The molecule has 4 heteroatoms. The van der Waals surface area contributed by atoms with Gasteiger partial charge in [-0.3, -0.25) is 9.59 Å². The second-order valence-electron chi connectivity index (χ2n) is 5.00. The first kappa shape index (κ1) is 13.3. The first-order valence-electron chi connectivity index (χ1n) is 6.72. The van der Waals surface area contributed by atoms with Crippen molar-refractivity contribution in [3.8, 4) is 0 Å². The maximum absolute atomic E-state index is 11.9. The second kappa shape index (κ2) is 5.65. The van der Waals surface area contributed by atoms with Crippen LogP contribution in [0.3, 0.4) is 0 Å². The van der Waals surface area contributed by atoms with Crippen LogP contribution in [0.2, 0.25) is 0 Å². The summed E-state index contributed by atoms with van der Waals surface area (Å²) in [6, 6.07) is 0. The van der Waals surface area contributed by atoms with Crippen LogP contribution in [-0.2, 0) is 19.1 Å². The van der Waals surface area contributed by atoms with Crippen LogP contribution in [0.5, 0.6) is 0 Å². The number of aldehydes is 1. The van der Waals surface area contributed by atoms with E-state index in [1.165, 1.54) is 0 Å². The van der Waals surface area contributed by atoms with Gasteiger partial charge in [0.25, 0.3) is 0 Å². The van der Waals surface area contributed by atoms with E-state index < -0.39 is 11.5 Å². The summed E-state index contributed by atoms with van der Waals surface area (Å²) in [7, 11) is 0. The molecular weight excluding hydrogens is 232 g/mol. The van der Waals surface area contributed by atoms with Gasteiger partial charge in [-0.25, -0.2) is 0 Å². The molecule has 2 rings (SSSR count). The highest BCUT2D eigenvalue weighted by Crippen LogP contribution is 2.42. The van der Waals surface area contributed by atoms with E-state index in [9.17, 15) is 9.59 Å². The Labute approximate surface area is 107 Å². The average Bonchev–Trinajstić information content (AvgIpc) is 2.96. The number of esters is 1. The molecule has 0 aromatic heterocycles. The van der Waals surface area contributed by atoms with Crippen molar-refractivity contribution < 1.29 is 19.1 Å². The summed E-state index contributed by atoms with van der Waals surface area (Å²) in [6.45, 7) is 2.58. The summed E-state index contributed by atoms with van der Waals surface area (Å²) in [5.74, 6) is -0.762.